The van der Waals surface area contributed by atoms with Crippen molar-refractivity contribution in [2.75, 3.05) is 13.2 Å². The third-order valence-corrected chi connectivity index (χ3v) is 3.56. The normalized spacial score (nSPS) is 11.0. The Morgan fingerprint density at radius 2 is 2.00 bits per heavy atom. The van der Waals surface area contributed by atoms with Crippen molar-refractivity contribution in [2.45, 2.75) is 13.8 Å². The summed E-state index contributed by atoms with van der Waals surface area (Å²) in [7, 11) is 0. The van der Waals surface area contributed by atoms with Gasteiger partial charge in [0.1, 0.15) is 5.58 Å². The number of hydrogen-bond donors (Lipinski definition) is 1. The number of ether oxygens (including phenoxy) is 1. The van der Waals surface area contributed by atoms with Gasteiger partial charge in [-0.1, -0.05) is 26.0 Å². The van der Waals surface area contributed by atoms with Crippen molar-refractivity contribution in [3.05, 3.63) is 52.9 Å². The van der Waals surface area contributed by atoms with Gasteiger partial charge < -0.3 is 18.9 Å². The number of nitrogens with one attached hydrogen (secondary N) is 1. The van der Waals surface area contributed by atoms with Crippen LogP contribution < -0.4 is 15.5 Å². The molecule has 2 heterocycles. The summed E-state index contributed by atoms with van der Waals surface area (Å²) in [6.07, 6.45) is 1.48. The van der Waals surface area contributed by atoms with Gasteiger partial charge in [-0.15, -0.1) is 0 Å². The lowest BCUT2D eigenvalue weighted by atomic mass is 10.2. The van der Waals surface area contributed by atoms with Gasteiger partial charge in [-0.2, -0.15) is 0 Å². The Morgan fingerprint density at radius 1 is 1.20 bits per heavy atom. The van der Waals surface area contributed by atoms with Crippen LogP contribution in [0.3, 0.4) is 0 Å². The van der Waals surface area contributed by atoms with Crippen LogP contribution in [0.5, 0.6) is 5.75 Å². The van der Waals surface area contributed by atoms with Crippen LogP contribution in [0.2, 0.25) is 0 Å². The van der Waals surface area contributed by atoms with Gasteiger partial charge in [0.05, 0.1) is 11.6 Å². The molecule has 0 unspecified atom stereocenters. The number of hydrogen-bond acceptors (Lipinski definition) is 5. The largest absolute Gasteiger partial charge is 0.476 e. The van der Waals surface area contributed by atoms with Crippen LogP contribution in [0.25, 0.3) is 22.5 Å². The molecule has 0 saturated heterocycles. The van der Waals surface area contributed by atoms with Gasteiger partial charge in [0.15, 0.2) is 12.4 Å². The van der Waals surface area contributed by atoms with E-state index < -0.39 is 0 Å². The number of fused-ring (bicyclic) bond motifs is 1. The van der Waals surface area contributed by atoms with E-state index in [1.54, 1.807) is 36.4 Å². The summed E-state index contributed by atoms with van der Waals surface area (Å²) < 4.78 is 16.7. The predicted octanol–water partition coefficient (Wildman–Crippen LogP) is 3.20. The standard InChI is InChI=1S/C19H19NO5/c1-12(2)10-20-16(21)11-24-19-17(22)13-6-3-4-7-14(13)25-18(19)15-8-5-9-23-15/h3-9,12H,10-11H2,1-2H3,(H,20,21). The van der Waals surface area contributed by atoms with E-state index in [-0.39, 0.29) is 29.5 Å². The van der Waals surface area contributed by atoms with Gasteiger partial charge in [-0.3, -0.25) is 9.59 Å². The number of carbonyl (C=O) groups is 1. The second kappa shape index (κ2) is 7.25. The maximum atomic E-state index is 12.8. The van der Waals surface area contributed by atoms with Crippen molar-refractivity contribution in [3.8, 4) is 17.3 Å². The number of rotatable bonds is 6. The molecule has 130 valence electrons. The Hall–Kier alpha value is -3.02. The first kappa shape index (κ1) is 16.8. The van der Waals surface area contributed by atoms with Crippen molar-refractivity contribution < 1.29 is 18.4 Å². The van der Waals surface area contributed by atoms with Crippen LogP contribution in [0.15, 0.2) is 56.3 Å². The summed E-state index contributed by atoms with van der Waals surface area (Å²) in [5.41, 5.74) is 0.0837. The van der Waals surface area contributed by atoms with Gasteiger partial charge >= 0.3 is 0 Å². The van der Waals surface area contributed by atoms with Gasteiger partial charge in [-0.05, 0) is 30.2 Å². The molecular weight excluding hydrogens is 322 g/mol. The van der Waals surface area contributed by atoms with Crippen LogP contribution in [0, 0.1) is 5.92 Å². The fourth-order valence-electron chi connectivity index (χ4n) is 2.33. The maximum Gasteiger partial charge on any atom is 0.257 e. The number of amides is 1. The average Bonchev–Trinajstić information content (AvgIpc) is 3.13. The minimum Gasteiger partial charge on any atom is -0.476 e. The lowest BCUT2D eigenvalue weighted by Crippen LogP contribution is -2.32. The van der Waals surface area contributed by atoms with Gasteiger partial charge in [0, 0.05) is 6.54 Å². The molecule has 6 nitrogen and oxygen atoms in total. The Balaban J connectivity index is 1.95. The van der Waals surface area contributed by atoms with E-state index in [9.17, 15) is 9.59 Å². The molecule has 0 radical (unpaired) electrons. The van der Waals surface area contributed by atoms with Gasteiger partial charge in [-0.25, -0.2) is 0 Å². The Kier molecular flexibility index (Phi) is 4.88. The molecule has 0 aliphatic heterocycles. The minimum atomic E-state index is -0.343. The molecule has 3 rings (SSSR count). The van der Waals surface area contributed by atoms with Crippen molar-refractivity contribution in [3.63, 3.8) is 0 Å². The second-order valence-corrected chi connectivity index (χ2v) is 6.05. The highest BCUT2D eigenvalue weighted by atomic mass is 16.5. The first-order valence-electron chi connectivity index (χ1n) is 8.05. The van der Waals surface area contributed by atoms with E-state index in [0.29, 0.717) is 29.2 Å². The van der Waals surface area contributed by atoms with E-state index in [4.69, 9.17) is 13.6 Å². The smallest absolute Gasteiger partial charge is 0.257 e. The fraction of sp³-hybridized carbons (Fsp3) is 0.263. The SMILES string of the molecule is CC(C)CNC(=O)COc1c(-c2ccco2)oc2ccccc2c1=O. The monoisotopic (exact) mass is 341 g/mol. The van der Waals surface area contributed by atoms with Crippen molar-refractivity contribution >= 4 is 16.9 Å². The summed E-state index contributed by atoms with van der Waals surface area (Å²) in [6, 6.07) is 10.2. The van der Waals surface area contributed by atoms with E-state index in [1.165, 1.54) is 6.26 Å². The Labute approximate surface area is 144 Å². The second-order valence-electron chi connectivity index (χ2n) is 6.05. The van der Waals surface area contributed by atoms with E-state index in [2.05, 4.69) is 5.32 Å². The van der Waals surface area contributed by atoms with Crippen molar-refractivity contribution in [2.24, 2.45) is 5.92 Å². The third kappa shape index (κ3) is 3.74. The Bertz CT molecular complexity index is 925. The van der Waals surface area contributed by atoms with E-state index >= 15 is 0 Å². The molecular formula is C19H19NO5. The number of carbonyl (C=O) groups excluding carboxylic acids is 1. The summed E-state index contributed by atoms with van der Waals surface area (Å²) in [4.78, 5) is 24.7. The molecule has 0 spiro atoms. The van der Waals surface area contributed by atoms with E-state index in [1.807, 2.05) is 13.8 Å². The summed E-state index contributed by atoms with van der Waals surface area (Å²) >= 11 is 0. The zero-order valence-corrected chi connectivity index (χ0v) is 14.1. The zero-order valence-electron chi connectivity index (χ0n) is 14.1. The van der Waals surface area contributed by atoms with Crippen molar-refractivity contribution in [1.82, 2.24) is 5.32 Å². The summed E-state index contributed by atoms with van der Waals surface area (Å²) in [5.74, 6) is 0.527. The van der Waals surface area contributed by atoms with Gasteiger partial charge in [0.25, 0.3) is 5.91 Å². The molecule has 1 aromatic carbocycles. The molecule has 2 aromatic heterocycles. The third-order valence-electron chi connectivity index (χ3n) is 3.56. The molecule has 3 aromatic rings. The molecule has 6 heteroatoms. The molecule has 0 aliphatic carbocycles. The quantitative estimate of drug-likeness (QED) is 0.744. The van der Waals surface area contributed by atoms with Gasteiger partial charge in [0.2, 0.25) is 16.9 Å². The molecule has 0 aliphatic rings. The first-order valence-corrected chi connectivity index (χ1v) is 8.05. The highest BCUT2D eigenvalue weighted by Crippen LogP contribution is 2.30. The highest BCUT2D eigenvalue weighted by molar-refractivity contribution is 5.82. The number of para-hydroxylation sites is 1. The highest BCUT2D eigenvalue weighted by Gasteiger charge is 2.20. The summed E-state index contributed by atoms with van der Waals surface area (Å²) in [5, 5.41) is 3.13. The molecule has 1 amide bonds. The molecule has 0 fully saturated rings. The minimum absolute atomic E-state index is 0.0339. The maximum absolute atomic E-state index is 12.8. The van der Waals surface area contributed by atoms with Crippen molar-refractivity contribution in [1.29, 1.82) is 0 Å². The van der Waals surface area contributed by atoms with Crippen LogP contribution in [-0.2, 0) is 4.79 Å². The fourth-order valence-corrected chi connectivity index (χ4v) is 2.33. The molecule has 0 bridgehead atoms. The van der Waals surface area contributed by atoms with Crippen LogP contribution >= 0.6 is 0 Å². The molecule has 0 saturated carbocycles. The number of benzene rings is 1. The molecule has 1 N–H and O–H groups in total. The Morgan fingerprint density at radius 3 is 2.72 bits per heavy atom. The molecule has 0 atom stereocenters. The van der Waals surface area contributed by atoms with E-state index in [0.717, 1.165) is 0 Å². The summed E-state index contributed by atoms with van der Waals surface area (Å²) in [6.45, 7) is 4.26. The van der Waals surface area contributed by atoms with Crippen LogP contribution in [-0.4, -0.2) is 19.1 Å². The first-order chi connectivity index (χ1) is 12.1. The topological polar surface area (TPSA) is 81.7 Å². The lowest BCUT2D eigenvalue weighted by Gasteiger charge is -2.11. The average molecular weight is 341 g/mol. The lowest BCUT2D eigenvalue weighted by molar-refractivity contribution is -0.123. The zero-order chi connectivity index (χ0) is 17.8. The molecule has 25 heavy (non-hydrogen) atoms. The number of furan rings is 1. The predicted molar refractivity (Wildman–Crippen MR) is 93.5 cm³/mol. The van der Waals surface area contributed by atoms with Crippen LogP contribution in [0.4, 0.5) is 0 Å². The van der Waals surface area contributed by atoms with Crippen LogP contribution in [0.1, 0.15) is 13.8 Å².